The first-order valence-corrected chi connectivity index (χ1v) is 5.99. The van der Waals surface area contributed by atoms with Crippen LogP contribution < -0.4 is 4.74 Å². The molecule has 4 heteroatoms. The number of nitrogens with zero attached hydrogens (tertiary/aromatic N) is 2. The predicted octanol–water partition coefficient (Wildman–Crippen LogP) is 1.89. The number of hydrogen-bond acceptors (Lipinski definition) is 3. The molecule has 1 aliphatic rings. The topological polar surface area (TPSA) is 42.4 Å². The third kappa shape index (κ3) is 2.75. The van der Waals surface area contributed by atoms with Crippen LogP contribution in [0.25, 0.3) is 0 Å². The monoisotopic (exact) mass is 234 g/mol. The molecule has 1 fully saturated rings. The molecule has 0 unspecified atom stereocenters. The quantitative estimate of drug-likeness (QED) is 0.799. The van der Waals surface area contributed by atoms with E-state index in [-0.39, 0.29) is 5.91 Å². The Kier molecular flexibility index (Phi) is 3.31. The minimum Gasteiger partial charge on any atom is -0.489 e. The van der Waals surface area contributed by atoms with Crippen molar-refractivity contribution in [1.82, 2.24) is 9.88 Å². The van der Waals surface area contributed by atoms with Gasteiger partial charge in [0.15, 0.2) is 0 Å². The average Bonchev–Trinajstić information content (AvgIpc) is 3.12. The minimum atomic E-state index is -0.0716. The lowest BCUT2D eigenvalue weighted by atomic mass is 10.1. The normalized spacial score (nSPS) is 14.5. The second-order valence-electron chi connectivity index (χ2n) is 4.55. The van der Waals surface area contributed by atoms with Crippen molar-refractivity contribution in [3.63, 3.8) is 0 Å². The molecule has 0 saturated heterocycles. The van der Waals surface area contributed by atoms with E-state index >= 15 is 0 Å². The molecule has 0 spiro atoms. The Morgan fingerprint density at radius 3 is 2.76 bits per heavy atom. The number of aromatic nitrogens is 1. The van der Waals surface area contributed by atoms with Crippen molar-refractivity contribution in [2.24, 2.45) is 0 Å². The highest BCUT2D eigenvalue weighted by Crippen LogP contribution is 2.29. The maximum Gasteiger partial charge on any atom is 0.271 e. The Hall–Kier alpha value is -1.58. The van der Waals surface area contributed by atoms with Crippen molar-refractivity contribution in [2.45, 2.75) is 32.3 Å². The molecule has 1 aromatic heterocycles. The van der Waals surface area contributed by atoms with E-state index in [4.69, 9.17) is 4.74 Å². The largest absolute Gasteiger partial charge is 0.489 e. The molecule has 92 valence electrons. The number of carbonyl (C=O) groups is 1. The Morgan fingerprint density at radius 1 is 1.53 bits per heavy atom. The van der Waals surface area contributed by atoms with Crippen molar-refractivity contribution in [2.75, 3.05) is 14.1 Å². The number of hydrogen-bond donors (Lipinski definition) is 0. The number of amides is 1. The third-order valence-corrected chi connectivity index (χ3v) is 2.77. The molecular weight excluding hydrogens is 216 g/mol. The molecule has 1 aliphatic carbocycles. The van der Waals surface area contributed by atoms with Crippen molar-refractivity contribution >= 4 is 5.91 Å². The minimum absolute atomic E-state index is 0.0716. The number of rotatable bonds is 4. The highest BCUT2D eigenvalue weighted by atomic mass is 16.5. The fourth-order valence-electron chi connectivity index (χ4n) is 1.58. The van der Waals surface area contributed by atoms with Crippen LogP contribution in [-0.2, 0) is 6.42 Å². The van der Waals surface area contributed by atoms with E-state index in [1.54, 1.807) is 20.3 Å². The van der Waals surface area contributed by atoms with Crippen LogP contribution in [0.4, 0.5) is 0 Å². The smallest absolute Gasteiger partial charge is 0.271 e. The first kappa shape index (κ1) is 11.9. The van der Waals surface area contributed by atoms with Gasteiger partial charge in [-0.3, -0.25) is 4.79 Å². The zero-order valence-electron chi connectivity index (χ0n) is 10.6. The van der Waals surface area contributed by atoms with Crippen LogP contribution >= 0.6 is 0 Å². The van der Waals surface area contributed by atoms with Gasteiger partial charge >= 0.3 is 0 Å². The lowest BCUT2D eigenvalue weighted by Gasteiger charge is -2.13. The van der Waals surface area contributed by atoms with Gasteiger partial charge in [0.2, 0.25) is 0 Å². The van der Waals surface area contributed by atoms with Gasteiger partial charge in [0.05, 0.1) is 12.3 Å². The Balaban J connectivity index is 2.23. The van der Waals surface area contributed by atoms with Gasteiger partial charge in [-0.25, -0.2) is 4.98 Å². The second-order valence-corrected chi connectivity index (χ2v) is 4.55. The molecule has 0 bridgehead atoms. The van der Waals surface area contributed by atoms with Gasteiger partial charge in [-0.05, 0) is 30.9 Å². The summed E-state index contributed by atoms with van der Waals surface area (Å²) in [5.41, 5.74) is 1.53. The van der Waals surface area contributed by atoms with E-state index in [0.717, 1.165) is 30.6 Å². The molecule has 2 rings (SSSR count). The van der Waals surface area contributed by atoms with Crippen molar-refractivity contribution in [3.8, 4) is 5.75 Å². The van der Waals surface area contributed by atoms with E-state index in [9.17, 15) is 4.79 Å². The van der Waals surface area contributed by atoms with Gasteiger partial charge in [-0.1, -0.05) is 6.92 Å². The Morgan fingerprint density at radius 2 is 2.24 bits per heavy atom. The molecule has 0 aromatic carbocycles. The fraction of sp³-hybridized carbons (Fsp3) is 0.538. The molecule has 4 nitrogen and oxygen atoms in total. The first-order valence-electron chi connectivity index (χ1n) is 5.99. The number of pyridine rings is 1. The molecule has 0 atom stereocenters. The second kappa shape index (κ2) is 4.73. The molecule has 0 N–H and O–H groups in total. The van der Waals surface area contributed by atoms with E-state index < -0.39 is 0 Å². The van der Waals surface area contributed by atoms with Crippen LogP contribution in [0.1, 0.15) is 35.8 Å². The van der Waals surface area contributed by atoms with Crippen LogP contribution in [0.15, 0.2) is 12.3 Å². The summed E-state index contributed by atoms with van der Waals surface area (Å²) in [6.07, 6.45) is 5.13. The lowest BCUT2D eigenvalue weighted by molar-refractivity contribution is 0.0821. The molecule has 17 heavy (non-hydrogen) atoms. The number of carbonyl (C=O) groups excluding carboxylic acids is 1. The molecule has 0 radical (unpaired) electrons. The average molecular weight is 234 g/mol. The van der Waals surface area contributed by atoms with Crippen LogP contribution in [0.2, 0.25) is 0 Å². The van der Waals surface area contributed by atoms with Gasteiger partial charge in [-0.2, -0.15) is 0 Å². The van der Waals surface area contributed by atoms with Crippen molar-refractivity contribution in [1.29, 1.82) is 0 Å². The number of aryl methyl sites for hydroxylation is 1. The Labute approximate surface area is 102 Å². The van der Waals surface area contributed by atoms with Crippen LogP contribution in [0.5, 0.6) is 5.75 Å². The lowest BCUT2D eigenvalue weighted by Crippen LogP contribution is -2.23. The summed E-state index contributed by atoms with van der Waals surface area (Å²) in [4.78, 5) is 17.5. The van der Waals surface area contributed by atoms with Crippen molar-refractivity contribution in [3.05, 3.63) is 23.5 Å². The summed E-state index contributed by atoms with van der Waals surface area (Å²) >= 11 is 0. The van der Waals surface area contributed by atoms with Crippen LogP contribution in [0.3, 0.4) is 0 Å². The molecule has 1 aromatic rings. The zero-order valence-corrected chi connectivity index (χ0v) is 10.6. The van der Waals surface area contributed by atoms with Gasteiger partial charge in [0.25, 0.3) is 5.91 Å². The standard InChI is InChI=1S/C13H18N2O2/c1-4-9-7-11(13(16)15(2)3)14-8-12(9)17-10-5-6-10/h7-8,10H,4-6H2,1-3H3. The van der Waals surface area contributed by atoms with Crippen LogP contribution in [0, 0.1) is 0 Å². The summed E-state index contributed by atoms with van der Waals surface area (Å²) in [7, 11) is 3.45. The first-order chi connectivity index (χ1) is 8.11. The van der Waals surface area contributed by atoms with E-state index in [0.29, 0.717) is 11.8 Å². The molecule has 1 saturated carbocycles. The number of ether oxygens (including phenoxy) is 1. The summed E-state index contributed by atoms with van der Waals surface area (Å²) < 4.78 is 5.76. The summed E-state index contributed by atoms with van der Waals surface area (Å²) in [5, 5.41) is 0. The molecular formula is C13H18N2O2. The molecule has 0 aliphatic heterocycles. The van der Waals surface area contributed by atoms with E-state index in [2.05, 4.69) is 11.9 Å². The highest BCUT2D eigenvalue weighted by Gasteiger charge is 2.25. The Bertz CT molecular complexity index is 425. The van der Waals surface area contributed by atoms with Gasteiger partial charge in [0.1, 0.15) is 11.4 Å². The van der Waals surface area contributed by atoms with Crippen LogP contribution in [-0.4, -0.2) is 36.0 Å². The van der Waals surface area contributed by atoms with E-state index in [1.807, 2.05) is 6.07 Å². The third-order valence-electron chi connectivity index (χ3n) is 2.77. The zero-order chi connectivity index (χ0) is 12.4. The summed E-state index contributed by atoms with van der Waals surface area (Å²) in [6, 6.07) is 1.83. The molecule has 1 amide bonds. The van der Waals surface area contributed by atoms with Gasteiger partial charge < -0.3 is 9.64 Å². The summed E-state index contributed by atoms with van der Waals surface area (Å²) in [5.74, 6) is 0.753. The maximum atomic E-state index is 11.8. The molecule has 1 heterocycles. The predicted molar refractivity (Wildman–Crippen MR) is 65.3 cm³/mol. The highest BCUT2D eigenvalue weighted by molar-refractivity contribution is 5.92. The van der Waals surface area contributed by atoms with E-state index in [1.165, 1.54) is 4.90 Å². The van der Waals surface area contributed by atoms with Crippen molar-refractivity contribution < 1.29 is 9.53 Å². The fourth-order valence-corrected chi connectivity index (χ4v) is 1.58. The van der Waals surface area contributed by atoms with Gasteiger partial charge in [-0.15, -0.1) is 0 Å². The summed E-state index contributed by atoms with van der Waals surface area (Å²) in [6.45, 7) is 2.05. The van der Waals surface area contributed by atoms with Gasteiger partial charge in [0, 0.05) is 14.1 Å². The SMILES string of the molecule is CCc1cc(C(=O)N(C)C)ncc1OC1CC1. The maximum absolute atomic E-state index is 11.8.